The lowest BCUT2D eigenvalue weighted by molar-refractivity contribution is 0.595. The van der Waals surface area contributed by atoms with Crippen LogP contribution < -0.4 is 5.32 Å². The SMILES string of the molecule is CCn1cc(C)nc1Nc1cc(F)c(C)cc1F. The van der Waals surface area contributed by atoms with E-state index < -0.39 is 11.6 Å². The molecule has 5 heteroatoms. The fraction of sp³-hybridized carbons (Fsp3) is 0.308. The van der Waals surface area contributed by atoms with E-state index in [2.05, 4.69) is 10.3 Å². The summed E-state index contributed by atoms with van der Waals surface area (Å²) in [4.78, 5) is 4.23. The summed E-state index contributed by atoms with van der Waals surface area (Å²) in [7, 11) is 0. The summed E-state index contributed by atoms with van der Waals surface area (Å²) in [6, 6.07) is 2.32. The summed E-state index contributed by atoms with van der Waals surface area (Å²) >= 11 is 0. The Morgan fingerprint density at radius 3 is 2.61 bits per heavy atom. The molecule has 0 saturated carbocycles. The molecule has 1 heterocycles. The topological polar surface area (TPSA) is 29.9 Å². The summed E-state index contributed by atoms with van der Waals surface area (Å²) in [6.45, 7) is 6.04. The molecule has 0 spiro atoms. The fourth-order valence-corrected chi connectivity index (χ4v) is 1.75. The Balaban J connectivity index is 2.36. The number of nitrogens with one attached hydrogen (secondary N) is 1. The van der Waals surface area contributed by atoms with Crippen LogP contribution in [0.5, 0.6) is 0 Å². The minimum absolute atomic E-state index is 0.0957. The first-order valence-corrected chi connectivity index (χ1v) is 5.77. The Morgan fingerprint density at radius 2 is 1.94 bits per heavy atom. The number of benzene rings is 1. The van der Waals surface area contributed by atoms with Crippen molar-refractivity contribution in [2.75, 3.05) is 5.32 Å². The van der Waals surface area contributed by atoms with Gasteiger partial charge in [-0.1, -0.05) is 0 Å². The number of imidazole rings is 1. The molecule has 0 radical (unpaired) electrons. The highest BCUT2D eigenvalue weighted by Crippen LogP contribution is 2.22. The maximum Gasteiger partial charge on any atom is 0.207 e. The van der Waals surface area contributed by atoms with Gasteiger partial charge in [0, 0.05) is 18.8 Å². The van der Waals surface area contributed by atoms with Crippen molar-refractivity contribution in [3.8, 4) is 0 Å². The Morgan fingerprint density at radius 1 is 1.22 bits per heavy atom. The molecule has 0 unspecified atom stereocenters. The predicted octanol–water partition coefficient (Wildman–Crippen LogP) is 3.54. The molecule has 1 aromatic carbocycles. The number of hydrogen-bond donors (Lipinski definition) is 1. The van der Waals surface area contributed by atoms with Gasteiger partial charge in [0.2, 0.25) is 5.95 Å². The molecule has 2 rings (SSSR count). The lowest BCUT2D eigenvalue weighted by atomic mass is 10.2. The normalized spacial score (nSPS) is 10.7. The van der Waals surface area contributed by atoms with Crippen LogP contribution in [0.4, 0.5) is 20.4 Å². The molecule has 0 atom stereocenters. The lowest BCUT2D eigenvalue weighted by Gasteiger charge is -2.09. The second-order valence-corrected chi connectivity index (χ2v) is 4.20. The summed E-state index contributed by atoms with van der Waals surface area (Å²) in [5.41, 5.74) is 1.21. The van der Waals surface area contributed by atoms with E-state index >= 15 is 0 Å². The van der Waals surface area contributed by atoms with E-state index in [0.717, 1.165) is 11.8 Å². The minimum Gasteiger partial charge on any atom is -0.323 e. The van der Waals surface area contributed by atoms with Gasteiger partial charge in [-0.15, -0.1) is 0 Å². The number of anilines is 2. The molecule has 1 N–H and O–H groups in total. The van der Waals surface area contributed by atoms with Gasteiger partial charge in [-0.25, -0.2) is 13.8 Å². The van der Waals surface area contributed by atoms with E-state index in [1.165, 1.54) is 13.0 Å². The molecule has 3 nitrogen and oxygen atoms in total. The molecule has 0 aliphatic heterocycles. The van der Waals surface area contributed by atoms with Crippen molar-refractivity contribution in [3.05, 3.63) is 41.2 Å². The van der Waals surface area contributed by atoms with Crippen LogP contribution >= 0.6 is 0 Å². The van der Waals surface area contributed by atoms with Crippen LogP contribution in [0.1, 0.15) is 18.2 Å². The number of hydrogen-bond acceptors (Lipinski definition) is 2. The second kappa shape index (κ2) is 4.76. The van der Waals surface area contributed by atoms with Crippen LogP contribution in [0.15, 0.2) is 18.3 Å². The van der Waals surface area contributed by atoms with Crippen molar-refractivity contribution < 1.29 is 8.78 Å². The number of aromatic nitrogens is 2. The zero-order valence-electron chi connectivity index (χ0n) is 10.6. The van der Waals surface area contributed by atoms with Crippen LogP contribution in [0.3, 0.4) is 0 Å². The Hall–Kier alpha value is -1.91. The van der Waals surface area contributed by atoms with Crippen LogP contribution in [0.2, 0.25) is 0 Å². The monoisotopic (exact) mass is 251 g/mol. The lowest BCUT2D eigenvalue weighted by Crippen LogP contribution is -2.03. The highest BCUT2D eigenvalue weighted by atomic mass is 19.1. The molecule has 0 amide bonds. The first-order chi connectivity index (χ1) is 8.51. The average Bonchev–Trinajstić information content (AvgIpc) is 2.66. The van der Waals surface area contributed by atoms with Crippen molar-refractivity contribution in [3.63, 3.8) is 0 Å². The maximum atomic E-state index is 13.7. The number of halogens is 2. The number of aryl methyl sites for hydroxylation is 3. The van der Waals surface area contributed by atoms with Gasteiger partial charge in [0.15, 0.2) is 0 Å². The van der Waals surface area contributed by atoms with Crippen LogP contribution in [-0.2, 0) is 6.54 Å². The molecule has 0 bridgehead atoms. The molecule has 1 aromatic heterocycles. The molecule has 2 aromatic rings. The predicted molar refractivity (Wildman–Crippen MR) is 67.0 cm³/mol. The van der Waals surface area contributed by atoms with Gasteiger partial charge in [0.05, 0.1) is 11.4 Å². The Kier molecular flexibility index (Phi) is 3.32. The van der Waals surface area contributed by atoms with Gasteiger partial charge < -0.3 is 9.88 Å². The van der Waals surface area contributed by atoms with Crippen molar-refractivity contribution in [2.45, 2.75) is 27.3 Å². The highest BCUT2D eigenvalue weighted by Gasteiger charge is 2.10. The molecule has 0 aliphatic carbocycles. The van der Waals surface area contributed by atoms with Crippen molar-refractivity contribution >= 4 is 11.6 Å². The zero-order valence-corrected chi connectivity index (χ0v) is 10.6. The quantitative estimate of drug-likeness (QED) is 0.904. The van der Waals surface area contributed by atoms with Gasteiger partial charge >= 0.3 is 0 Å². The largest absolute Gasteiger partial charge is 0.323 e. The number of nitrogens with zero attached hydrogens (tertiary/aromatic N) is 2. The van der Waals surface area contributed by atoms with E-state index in [1.54, 1.807) is 0 Å². The van der Waals surface area contributed by atoms with Crippen LogP contribution in [-0.4, -0.2) is 9.55 Å². The minimum atomic E-state index is -0.489. The van der Waals surface area contributed by atoms with Crippen LogP contribution in [0, 0.1) is 25.5 Å². The zero-order chi connectivity index (χ0) is 13.3. The van der Waals surface area contributed by atoms with E-state index in [1.807, 2.05) is 24.6 Å². The highest BCUT2D eigenvalue weighted by molar-refractivity contribution is 5.55. The van der Waals surface area contributed by atoms with Gasteiger partial charge in [-0.05, 0) is 32.4 Å². The smallest absolute Gasteiger partial charge is 0.207 e. The van der Waals surface area contributed by atoms with Gasteiger partial charge in [-0.2, -0.15) is 0 Å². The molecule has 0 aliphatic rings. The molecule has 0 saturated heterocycles. The van der Waals surface area contributed by atoms with E-state index in [-0.39, 0.29) is 11.3 Å². The molecule has 18 heavy (non-hydrogen) atoms. The van der Waals surface area contributed by atoms with Gasteiger partial charge in [-0.3, -0.25) is 0 Å². The third-order valence-electron chi connectivity index (χ3n) is 2.73. The van der Waals surface area contributed by atoms with Crippen molar-refractivity contribution in [1.29, 1.82) is 0 Å². The standard InChI is InChI=1S/C13H15F2N3/c1-4-18-7-9(3)16-13(18)17-12-6-10(14)8(2)5-11(12)15/h5-7H,4H2,1-3H3,(H,16,17). The summed E-state index contributed by atoms with van der Waals surface area (Å²) in [6.07, 6.45) is 1.85. The molecular formula is C13H15F2N3. The van der Waals surface area contributed by atoms with E-state index in [0.29, 0.717) is 12.5 Å². The molecule has 96 valence electrons. The van der Waals surface area contributed by atoms with Gasteiger partial charge in [0.1, 0.15) is 11.6 Å². The Bertz CT molecular complexity index is 576. The number of rotatable bonds is 3. The van der Waals surface area contributed by atoms with E-state index in [4.69, 9.17) is 0 Å². The first-order valence-electron chi connectivity index (χ1n) is 5.77. The molecule has 0 fully saturated rings. The van der Waals surface area contributed by atoms with Crippen LogP contribution in [0.25, 0.3) is 0 Å². The van der Waals surface area contributed by atoms with Crippen molar-refractivity contribution in [2.24, 2.45) is 0 Å². The van der Waals surface area contributed by atoms with Gasteiger partial charge in [0.25, 0.3) is 0 Å². The maximum absolute atomic E-state index is 13.7. The fourth-order valence-electron chi connectivity index (χ4n) is 1.75. The average molecular weight is 251 g/mol. The van der Waals surface area contributed by atoms with E-state index in [9.17, 15) is 8.78 Å². The Labute approximate surface area is 104 Å². The summed E-state index contributed by atoms with van der Waals surface area (Å²) in [5, 5.41) is 2.82. The third kappa shape index (κ3) is 2.34. The summed E-state index contributed by atoms with van der Waals surface area (Å²) in [5.74, 6) is -0.417. The summed E-state index contributed by atoms with van der Waals surface area (Å²) < 4.78 is 28.9. The second-order valence-electron chi connectivity index (χ2n) is 4.20. The first kappa shape index (κ1) is 12.5. The third-order valence-corrected chi connectivity index (χ3v) is 2.73. The molecular weight excluding hydrogens is 236 g/mol. The van der Waals surface area contributed by atoms with Crippen molar-refractivity contribution in [1.82, 2.24) is 9.55 Å².